The van der Waals surface area contributed by atoms with Gasteiger partial charge in [0.1, 0.15) is 0 Å². The highest BCUT2D eigenvalue weighted by Gasteiger charge is 2.54. The Morgan fingerprint density at radius 3 is 2.28 bits per heavy atom. The Balaban J connectivity index is 2.40. The molecular weight excluding hydrogens is 278 g/mol. The van der Waals surface area contributed by atoms with Crippen LogP contribution in [0.1, 0.15) is 5.56 Å². The van der Waals surface area contributed by atoms with Crippen molar-refractivity contribution in [1.29, 1.82) is 0 Å². The van der Waals surface area contributed by atoms with Gasteiger partial charge in [-0.2, -0.15) is 8.42 Å². The molecule has 0 radical (unpaired) electrons. The van der Waals surface area contributed by atoms with Crippen LogP contribution in [0.25, 0.3) is 0 Å². The maximum atomic E-state index is 11.4. The van der Waals surface area contributed by atoms with Gasteiger partial charge in [-0.25, -0.2) is 0 Å². The first-order valence-corrected chi connectivity index (χ1v) is 7.16. The second kappa shape index (κ2) is 4.38. The first kappa shape index (κ1) is 13.1. The number of hydrogen-bond acceptors (Lipinski definition) is 5. The molecule has 1 unspecified atom stereocenters. The molecule has 1 saturated heterocycles. The van der Waals surface area contributed by atoms with Gasteiger partial charge in [0.2, 0.25) is 4.20 Å². The fraction of sp³-hybridized carbons (Fsp3) is 0.200. The molecule has 0 spiro atoms. The predicted octanol–water partition coefficient (Wildman–Crippen LogP) is 0.160. The number of hydrogen-bond donors (Lipinski definition) is 2. The molecule has 18 heavy (non-hydrogen) atoms. The summed E-state index contributed by atoms with van der Waals surface area (Å²) in [7, 11) is -4.62. The lowest BCUT2D eigenvalue weighted by Crippen LogP contribution is -2.48. The number of carbonyl (C=O) groups excluding carboxylic acids is 2. The van der Waals surface area contributed by atoms with E-state index >= 15 is 0 Å². The van der Waals surface area contributed by atoms with Crippen molar-refractivity contribution in [2.24, 2.45) is 0 Å². The second-order valence-electron chi connectivity index (χ2n) is 3.73. The highest BCUT2D eigenvalue weighted by Crippen LogP contribution is 2.36. The lowest BCUT2D eigenvalue weighted by atomic mass is 10.1. The number of thioether (sulfide) groups is 1. The van der Waals surface area contributed by atoms with Gasteiger partial charge in [0.15, 0.2) is 0 Å². The second-order valence-corrected chi connectivity index (χ2v) is 6.91. The summed E-state index contributed by atoms with van der Waals surface area (Å²) in [5, 5.41) is 1.11. The average molecular weight is 287 g/mol. The molecule has 0 aliphatic carbocycles. The van der Waals surface area contributed by atoms with Crippen LogP contribution in [0.2, 0.25) is 0 Å². The van der Waals surface area contributed by atoms with Gasteiger partial charge >= 0.3 is 5.91 Å². The van der Waals surface area contributed by atoms with Crippen molar-refractivity contribution < 1.29 is 22.6 Å². The molecule has 2 rings (SSSR count). The lowest BCUT2D eigenvalue weighted by molar-refractivity contribution is -0.132. The van der Waals surface area contributed by atoms with Crippen LogP contribution >= 0.6 is 11.8 Å². The van der Waals surface area contributed by atoms with Gasteiger partial charge in [0.05, 0.1) is 0 Å². The molecule has 1 heterocycles. The average Bonchev–Trinajstić information content (AvgIpc) is 2.56. The van der Waals surface area contributed by atoms with Crippen LogP contribution in [0.4, 0.5) is 0 Å². The van der Waals surface area contributed by atoms with Crippen LogP contribution in [-0.2, 0) is 26.1 Å². The summed E-state index contributed by atoms with van der Waals surface area (Å²) in [5.74, 6) is -1.02. The van der Waals surface area contributed by atoms with Crippen LogP contribution in [0.5, 0.6) is 0 Å². The topological polar surface area (TPSA) is 101 Å². The Bertz CT molecular complexity index is 580. The zero-order chi connectivity index (χ0) is 13.4. The third-order valence-electron chi connectivity index (χ3n) is 2.44. The maximum Gasteiger partial charge on any atom is 0.300 e. The molecular formula is C10H9NO5S2. The first-order valence-electron chi connectivity index (χ1n) is 4.90. The van der Waals surface area contributed by atoms with E-state index in [1.807, 2.05) is 5.32 Å². The van der Waals surface area contributed by atoms with Crippen LogP contribution in [0.3, 0.4) is 0 Å². The third kappa shape index (κ3) is 2.26. The van der Waals surface area contributed by atoms with Crippen molar-refractivity contribution in [1.82, 2.24) is 5.32 Å². The van der Waals surface area contributed by atoms with Gasteiger partial charge in [0, 0.05) is 6.42 Å². The summed E-state index contributed by atoms with van der Waals surface area (Å²) in [6.45, 7) is 0. The van der Waals surface area contributed by atoms with E-state index in [4.69, 9.17) is 0 Å². The van der Waals surface area contributed by atoms with E-state index < -0.39 is 25.3 Å². The van der Waals surface area contributed by atoms with E-state index in [0.29, 0.717) is 5.56 Å². The number of carbonyl (C=O) groups is 2. The standard InChI is InChI=1S/C10H9NO5S2/c12-8-9(13)17-10(11-8,18(14,15)16)6-7-4-2-1-3-5-7/h1-5H,6H2,(H,11,12)(H,14,15,16). The van der Waals surface area contributed by atoms with Crippen molar-refractivity contribution >= 4 is 32.9 Å². The highest BCUT2D eigenvalue weighted by atomic mass is 32.3. The Labute approximate surface area is 108 Å². The molecule has 1 aliphatic rings. The van der Waals surface area contributed by atoms with Crippen LogP contribution in [0.15, 0.2) is 30.3 Å². The SMILES string of the molecule is O=C1NC(Cc2ccccc2)(S(=O)(=O)O)SC1=O. The smallest absolute Gasteiger partial charge is 0.300 e. The number of benzene rings is 1. The molecule has 1 aromatic rings. The van der Waals surface area contributed by atoms with E-state index in [0.717, 1.165) is 0 Å². The van der Waals surface area contributed by atoms with Crippen LogP contribution < -0.4 is 5.32 Å². The fourth-order valence-electron chi connectivity index (χ4n) is 1.60. The molecule has 0 saturated carbocycles. The largest absolute Gasteiger partial charge is 0.319 e. The molecule has 96 valence electrons. The molecule has 1 atom stereocenters. The van der Waals surface area contributed by atoms with Gasteiger partial charge in [-0.3, -0.25) is 14.1 Å². The van der Waals surface area contributed by atoms with Crippen molar-refractivity contribution in [3.8, 4) is 0 Å². The zero-order valence-electron chi connectivity index (χ0n) is 8.99. The van der Waals surface area contributed by atoms with E-state index in [1.54, 1.807) is 30.3 Å². The summed E-state index contributed by atoms with van der Waals surface area (Å²) in [6.07, 6.45) is -0.186. The Morgan fingerprint density at radius 2 is 1.83 bits per heavy atom. The van der Waals surface area contributed by atoms with Crippen LogP contribution in [0, 0.1) is 0 Å². The minimum absolute atomic E-state index is 0.186. The summed E-state index contributed by atoms with van der Waals surface area (Å²) >= 11 is 0.285. The maximum absolute atomic E-state index is 11.4. The van der Waals surface area contributed by atoms with Gasteiger partial charge in [-0.1, -0.05) is 30.3 Å². The summed E-state index contributed by atoms with van der Waals surface area (Å²) in [5.41, 5.74) is 0.581. The number of amides is 1. The van der Waals surface area contributed by atoms with E-state index in [1.165, 1.54) is 0 Å². The quantitative estimate of drug-likeness (QED) is 0.606. The van der Waals surface area contributed by atoms with E-state index in [-0.39, 0.29) is 18.2 Å². The zero-order valence-corrected chi connectivity index (χ0v) is 10.6. The molecule has 0 aromatic heterocycles. The van der Waals surface area contributed by atoms with Crippen molar-refractivity contribution in [3.05, 3.63) is 35.9 Å². The molecule has 1 amide bonds. The fourth-order valence-corrected chi connectivity index (χ4v) is 3.64. The number of rotatable bonds is 3. The minimum Gasteiger partial charge on any atom is -0.319 e. The predicted molar refractivity (Wildman–Crippen MR) is 65.2 cm³/mol. The monoisotopic (exact) mass is 287 g/mol. The molecule has 1 aromatic carbocycles. The molecule has 0 bridgehead atoms. The first-order chi connectivity index (χ1) is 8.34. The molecule has 1 aliphatic heterocycles. The summed E-state index contributed by atoms with van der Waals surface area (Å²) in [4.78, 5) is 22.4. The lowest BCUT2D eigenvalue weighted by Gasteiger charge is -2.23. The van der Waals surface area contributed by atoms with E-state index in [2.05, 4.69) is 0 Å². The summed E-state index contributed by atoms with van der Waals surface area (Å²) < 4.78 is 30.1. The Morgan fingerprint density at radius 1 is 1.22 bits per heavy atom. The van der Waals surface area contributed by atoms with E-state index in [9.17, 15) is 22.6 Å². The van der Waals surface area contributed by atoms with Gasteiger partial charge in [-0.05, 0) is 17.3 Å². The van der Waals surface area contributed by atoms with Crippen molar-refractivity contribution in [3.63, 3.8) is 0 Å². The van der Waals surface area contributed by atoms with Crippen molar-refractivity contribution in [2.45, 2.75) is 10.6 Å². The minimum atomic E-state index is -4.62. The van der Waals surface area contributed by atoms with Gasteiger partial charge < -0.3 is 5.32 Å². The van der Waals surface area contributed by atoms with Gasteiger partial charge in [0.25, 0.3) is 15.2 Å². The number of nitrogens with one attached hydrogen (secondary N) is 1. The molecule has 2 N–H and O–H groups in total. The molecule has 1 fully saturated rings. The normalized spacial score (nSPS) is 24.1. The summed E-state index contributed by atoms with van der Waals surface area (Å²) in [6, 6.07) is 8.41. The third-order valence-corrected chi connectivity index (χ3v) is 5.35. The molecule has 8 heteroatoms. The van der Waals surface area contributed by atoms with Crippen LogP contribution in [-0.4, -0.2) is 28.2 Å². The molecule has 6 nitrogen and oxygen atoms in total. The highest BCUT2D eigenvalue weighted by molar-refractivity contribution is 8.24. The Kier molecular flexibility index (Phi) is 3.18. The Hall–Kier alpha value is -1.38. The van der Waals surface area contributed by atoms with Gasteiger partial charge in [-0.15, -0.1) is 0 Å². The van der Waals surface area contributed by atoms with Crippen molar-refractivity contribution in [2.75, 3.05) is 0 Å².